The van der Waals surface area contributed by atoms with Gasteiger partial charge in [-0.05, 0) is 27.2 Å². The summed E-state index contributed by atoms with van der Waals surface area (Å²) in [5.41, 5.74) is 0.435. The van der Waals surface area contributed by atoms with E-state index in [9.17, 15) is 5.11 Å². The Morgan fingerprint density at radius 3 is 2.10 bits per heavy atom. The Hall–Kier alpha value is -1.36. The highest BCUT2D eigenvalue weighted by Gasteiger charge is 2.24. The summed E-state index contributed by atoms with van der Waals surface area (Å²) < 4.78 is 0. The van der Waals surface area contributed by atoms with Gasteiger partial charge in [0, 0.05) is 17.5 Å². The predicted molar refractivity (Wildman–Crippen MR) is 89.0 cm³/mol. The van der Waals surface area contributed by atoms with Gasteiger partial charge in [-0.2, -0.15) is 0 Å². The minimum atomic E-state index is -0.420. The summed E-state index contributed by atoms with van der Waals surface area (Å²) in [6, 6.07) is 0. The zero-order valence-electron chi connectivity index (χ0n) is 14.5. The monoisotopic (exact) mass is 294 g/mol. The third-order valence-corrected chi connectivity index (χ3v) is 3.21. The van der Waals surface area contributed by atoms with Crippen molar-refractivity contribution < 1.29 is 5.11 Å². The van der Waals surface area contributed by atoms with E-state index in [4.69, 9.17) is 0 Å². The second-order valence-corrected chi connectivity index (χ2v) is 7.21. The van der Waals surface area contributed by atoms with Crippen LogP contribution in [0.1, 0.15) is 59.4 Å². The van der Waals surface area contributed by atoms with Gasteiger partial charge in [0.2, 0.25) is 0 Å². The predicted octanol–water partition coefficient (Wildman–Crippen LogP) is 3.09. The molecule has 1 aromatic rings. The van der Waals surface area contributed by atoms with E-state index in [1.54, 1.807) is 0 Å². The average Bonchev–Trinajstić information content (AvgIpc) is 2.38. The second-order valence-electron chi connectivity index (χ2n) is 7.21. The fourth-order valence-corrected chi connectivity index (χ4v) is 1.75. The number of nitrogens with zero attached hydrogens (tertiary/aromatic N) is 2. The highest BCUT2D eigenvalue weighted by molar-refractivity contribution is 5.58. The summed E-state index contributed by atoms with van der Waals surface area (Å²) in [7, 11) is 0. The molecule has 1 rings (SSSR count). The minimum Gasteiger partial charge on any atom is -0.394 e. The van der Waals surface area contributed by atoms with E-state index >= 15 is 0 Å². The number of aliphatic hydroxyl groups is 1. The smallest absolute Gasteiger partial charge is 0.138 e. The van der Waals surface area contributed by atoms with Crippen LogP contribution in [0, 0.1) is 6.92 Å². The summed E-state index contributed by atoms with van der Waals surface area (Å²) in [5, 5.41) is 16.2. The Kier molecular flexibility index (Phi) is 5.56. The standard InChI is InChI=1S/C16H30N4O/c1-8-9-17-12-11(2)13(20-16(6,7)10-21)19-14(18-12)15(3,4)5/h21H,8-10H2,1-7H3,(H2,17,18,19,20). The van der Waals surface area contributed by atoms with E-state index in [1.807, 2.05) is 20.8 Å². The summed E-state index contributed by atoms with van der Waals surface area (Å²) in [6.07, 6.45) is 1.04. The lowest BCUT2D eigenvalue weighted by Crippen LogP contribution is -2.36. The lowest BCUT2D eigenvalue weighted by Gasteiger charge is -2.27. The zero-order valence-corrected chi connectivity index (χ0v) is 14.5. The van der Waals surface area contributed by atoms with Gasteiger partial charge in [-0.25, -0.2) is 9.97 Å². The molecule has 3 N–H and O–H groups in total. The molecule has 0 aliphatic carbocycles. The molecule has 120 valence electrons. The van der Waals surface area contributed by atoms with Crippen molar-refractivity contribution in [2.75, 3.05) is 23.8 Å². The molecule has 1 aromatic heterocycles. The van der Waals surface area contributed by atoms with Gasteiger partial charge < -0.3 is 15.7 Å². The van der Waals surface area contributed by atoms with Crippen molar-refractivity contribution in [3.8, 4) is 0 Å². The van der Waals surface area contributed by atoms with Crippen molar-refractivity contribution in [3.05, 3.63) is 11.4 Å². The van der Waals surface area contributed by atoms with E-state index in [2.05, 4.69) is 48.3 Å². The molecule has 21 heavy (non-hydrogen) atoms. The van der Waals surface area contributed by atoms with Crippen LogP contribution in [0.15, 0.2) is 0 Å². The molecule has 0 aliphatic heterocycles. The number of hydrogen-bond acceptors (Lipinski definition) is 5. The first-order valence-electron chi connectivity index (χ1n) is 7.62. The van der Waals surface area contributed by atoms with Crippen molar-refractivity contribution in [3.63, 3.8) is 0 Å². The van der Waals surface area contributed by atoms with Crippen molar-refractivity contribution in [2.24, 2.45) is 0 Å². The van der Waals surface area contributed by atoms with Gasteiger partial charge in [-0.15, -0.1) is 0 Å². The van der Waals surface area contributed by atoms with Crippen molar-refractivity contribution >= 4 is 11.6 Å². The number of aliphatic hydroxyl groups excluding tert-OH is 1. The van der Waals surface area contributed by atoms with Crippen molar-refractivity contribution in [2.45, 2.75) is 65.8 Å². The fraction of sp³-hybridized carbons (Fsp3) is 0.750. The van der Waals surface area contributed by atoms with Crippen LogP contribution in [-0.4, -0.2) is 33.8 Å². The molecular formula is C16H30N4O. The van der Waals surface area contributed by atoms with Gasteiger partial charge in [0.15, 0.2) is 0 Å². The topological polar surface area (TPSA) is 70.1 Å². The molecule has 0 atom stereocenters. The van der Waals surface area contributed by atoms with Crippen LogP contribution in [0.5, 0.6) is 0 Å². The number of nitrogens with one attached hydrogen (secondary N) is 2. The van der Waals surface area contributed by atoms with Gasteiger partial charge in [0.05, 0.1) is 12.1 Å². The number of anilines is 2. The third-order valence-electron chi connectivity index (χ3n) is 3.21. The molecule has 0 radical (unpaired) electrons. The Balaban J connectivity index is 3.27. The molecule has 0 unspecified atom stereocenters. The fourth-order valence-electron chi connectivity index (χ4n) is 1.75. The van der Waals surface area contributed by atoms with Crippen LogP contribution >= 0.6 is 0 Å². The zero-order chi connectivity index (χ0) is 16.3. The molecule has 0 amide bonds. The molecule has 0 saturated heterocycles. The van der Waals surface area contributed by atoms with Gasteiger partial charge in [0.1, 0.15) is 17.5 Å². The molecule has 5 heteroatoms. The maximum absolute atomic E-state index is 9.46. The van der Waals surface area contributed by atoms with Crippen molar-refractivity contribution in [1.29, 1.82) is 0 Å². The Morgan fingerprint density at radius 2 is 1.62 bits per heavy atom. The molecule has 5 nitrogen and oxygen atoms in total. The summed E-state index contributed by atoms with van der Waals surface area (Å²) in [5.74, 6) is 2.45. The van der Waals surface area contributed by atoms with Crippen LogP contribution in [0.4, 0.5) is 11.6 Å². The maximum Gasteiger partial charge on any atom is 0.138 e. The van der Waals surface area contributed by atoms with Crippen molar-refractivity contribution in [1.82, 2.24) is 9.97 Å². The van der Waals surface area contributed by atoms with E-state index < -0.39 is 5.54 Å². The Labute approximate surface area is 128 Å². The number of hydrogen-bond donors (Lipinski definition) is 3. The van der Waals surface area contributed by atoms with Gasteiger partial charge in [0.25, 0.3) is 0 Å². The first-order chi connectivity index (χ1) is 9.60. The largest absolute Gasteiger partial charge is 0.394 e. The summed E-state index contributed by atoms with van der Waals surface area (Å²) >= 11 is 0. The van der Waals surface area contributed by atoms with E-state index in [-0.39, 0.29) is 12.0 Å². The number of rotatable bonds is 6. The van der Waals surface area contributed by atoms with Gasteiger partial charge >= 0.3 is 0 Å². The molecule has 0 aliphatic rings. The van der Waals surface area contributed by atoms with Gasteiger partial charge in [-0.1, -0.05) is 27.7 Å². The molecule has 0 spiro atoms. The normalized spacial score (nSPS) is 12.4. The molecule has 0 saturated carbocycles. The van der Waals surface area contributed by atoms with Crippen LogP contribution in [0.3, 0.4) is 0 Å². The molecule has 1 heterocycles. The van der Waals surface area contributed by atoms with Crippen LogP contribution in [0.2, 0.25) is 0 Å². The van der Waals surface area contributed by atoms with E-state index in [1.165, 1.54) is 0 Å². The molecule has 0 fully saturated rings. The quantitative estimate of drug-likeness (QED) is 0.752. The summed E-state index contributed by atoms with van der Waals surface area (Å²) in [6.45, 7) is 15.2. The Morgan fingerprint density at radius 1 is 1.05 bits per heavy atom. The lowest BCUT2D eigenvalue weighted by molar-refractivity contribution is 0.233. The first kappa shape index (κ1) is 17.7. The lowest BCUT2D eigenvalue weighted by atomic mass is 9.95. The van der Waals surface area contributed by atoms with E-state index in [0.29, 0.717) is 0 Å². The first-order valence-corrected chi connectivity index (χ1v) is 7.62. The van der Waals surface area contributed by atoms with Crippen LogP contribution in [-0.2, 0) is 5.41 Å². The maximum atomic E-state index is 9.46. The molecule has 0 bridgehead atoms. The minimum absolute atomic E-state index is 0.0407. The third kappa shape index (κ3) is 4.84. The second kappa shape index (κ2) is 6.60. The molecular weight excluding hydrogens is 264 g/mol. The van der Waals surface area contributed by atoms with Crippen LogP contribution in [0.25, 0.3) is 0 Å². The number of aromatic nitrogens is 2. The van der Waals surface area contributed by atoms with E-state index in [0.717, 1.165) is 36.0 Å². The highest BCUT2D eigenvalue weighted by Crippen LogP contribution is 2.27. The summed E-state index contributed by atoms with van der Waals surface area (Å²) in [4.78, 5) is 9.34. The van der Waals surface area contributed by atoms with Gasteiger partial charge in [-0.3, -0.25) is 0 Å². The molecule has 0 aromatic carbocycles. The Bertz CT molecular complexity index is 478. The average molecular weight is 294 g/mol. The highest BCUT2D eigenvalue weighted by atomic mass is 16.3. The SMILES string of the molecule is CCCNc1nc(C(C)(C)C)nc(NC(C)(C)CO)c1C. The van der Waals surface area contributed by atoms with Crippen LogP contribution < -0.4 is 10.6 Å².